The molecule has 0 radical (unpaired) electrons. The second kappa shape index (κ2) is 7.64. The van der Waals surface area contributed by atoms with Crippen molar-refractivity contribution >= 4 is 33.4 Å². The van der Waals surface area contributed by atoms with Crippen molar-refractivity contribution in [3.63, 3.8) is 0 Å². The Bertz CT molecular complexity index is 852. The Morgan fingerprint density at radius 1 is 1.30 bits per heavy atom. The number of aryl methyl sites for hydroxylation is 1. The van der Waals surface area contributed by atoms with Crippen LogP contribution in [0.25, 0.3) is 0 Å². The van der Waals surface area contributed by atoms with Crippen molar-refractivity contribution in [1.82, 2.24) is 15.5 Å². The Morgan fingerprint density at radius 3 is 2.96 bits per heavy atom. The molecule has 1 aliphatic carbocycles. The van der Waals surface area contributed by atoms with E-state index in [1.54, 1.807) is 9.80 Å². The van der Waals surface area contributed by atoms with Gasteiger partial charge in [0.15, 0.2) is 0 Å². The molecule has 4 rings (SSSR count). The van der Waals surface area contributed by atoms with Gasteiger partial charge in [0.05, 0.1) is 12.6 Å². The van der Waals surface area contributed by atoms with Gasteiger partial charge in [-0.2, -0.15) is 0 Å². The van der Waals surface area contributed by atoms with E-state index < -0.39 is 0 Å². The van der Waals surface area contributed by atoms with Gasteiger partial charge in [0, 0.05) is 20.0 Å². The quantitative estimate of drug-likeness (QED) is 0.854. The molecule has 2 heterocycles. The standard InChI is InChI=1S/C19H23N5O2S/c1-23(18-21-22-19(27-18)24-11-5-10-17(24)26)12-16(25)20-15-9-4-7-13-6-2-3-8-14(13)15/h2-3,6,8,15H,4-5,7,9-12H2,1H3,(H,20,25). The highest BCUT2D eigenvalue weighted by Gasteiger charge is 2.26. The van der Waals surface area contributed by atoms with Crippen LogP contribution in [0.15, 0.2) is 24.3 Å². The number of nitrogens with one attached hydrogen (secondary N) is 1. The van der Waals surface area contributed by atoms with Crippen LogP contribution < -0.4 is 15.1 Å². The van der Waals surface area contributed by atoms with Crippen molar-refractivity contribution in [2.75, 3.05) is 29.9 Å². The summed E-state index contributed by atoms with van der Waals surface area (Å²) in [5, 5.41) is 12.7. The lowest BCUT2D eigenvalue weighted by molar-refractivity contribution is -0.120. The van der Waals surface area contributed by atoms with E-state index in [2.05, 4.69) is 33.7 Å². The Hall–Kier alpha value is -2.48. The van der Waals surface area contributed by atoms with E-state index in [4.69, 9.17) is 0 Å². The maximum atomic E-state index is 12.6. The summed E-state index contributed by atoms with van der Waals surface area (Å²) in [6, 6.07) is 8.39. The van der Waals surface area contributed by atoms with Gasteiger partial charge in [0.1, 0.15) is 0 Å². The average Bonchev–Trinajstić information content (AvgIpc) is 3.30. The number of nitrogens with zero attached hydrogens (tertiary/aromatic N) is 4. The van der Waals surface area contributed by atoms with Crippen LogP contribution in [0.2, 0.25) is 0 Å². The molecule has 0 saturated carbocycles. The number of likely N-dealkylation sites (N-methyl/N-ethyl adjacent to an activating group) is 1. The minimum absolute atomic E-state index is 0.0341. The molecule has 1 fully saturated rings. The van der Waals surface area contributed by atoms with Crippen LogP contribution in [-0.4, -0.2) is 42.1 Å². The van der Waals surface area contributed by atoms with Gasteiger partial charge in [0.2, 0.25) is 22.1 Å². The van der Waals surface area contributed by atoms with Gasteiger partial charge in [-0.05, 0) is 36.8 Å². The molecular formula is C19H23N5O2S. The fourth-order valence-corrected chi connectivity index (χ4v) is 4.60. The van der Waals surface area contributed by atoms with Gasteiger partial charge < -0.3 is 10.2 Å². The van der Waals surface area contributed by atoms with E-state index >= 15 is 0 Å². The summed E-state index contributed by atoms with van der Waals surface area (Å²) in [6.45, 7) is 0.903. The number of anilines is 2. The molecule has 2 aromatic rings. The summed E-state index contributed by atoms with van der Waals surface area (Å²) in [5.74, 6) is 0.0576. The number of hydrogen-bond donors (Lipinski definition) is 1. The number of hydrogen-bond acceptors (Lipinski definition) is 6. The number of carbonyl (C=O) groups is 2. The van der Waals surface area contributed by atoms with Gasteiger partial charge in [0.25, 0.3) is 0 Å². The first kappa shape index (κ1) is 17.9. The third-order valence-electron chi connectivity index (χ3n) is 5.12. The van der Waals surface area contributed by atoms with Crippen LogP contribution in [0.1, 0.15) is 42.9 Å². The van der Waals surface area contributed by atoms with Gasteiger partial charge >= 0.3 is 0 Å². The van der Waals surface area contributed by atoms with Crippen molar-refractivity contribution in [3.05, 3.63) is 35.4 Å². The van der Waals surface area contributed by atoms with E-state index in [0.29, 0.717) is 23.2 Å². The summed E-state index contributed by atoms with van der Waals surface area (Å²) >= 11 is 1.35. The highest BCUT2D eigenvalue weighted by atomic mass is 32.1. The summed E-state index contributed by atoms with van der Waals surface area (Å²) in [5.41, 5.74) is 2.55. The zero-order chi connectivity index (χ0) is 18.8. The number of benzene rings is 1. The lowest BCUT2D eigenvalue weighted by Crippen LogP contribution is -2.38. The summed E-state index contributed by atoms with van der Waals surface area (Å²) < 4.78 is 0. The van der Waals surface area contributed by atoms with Crippen LogP contribution in [0.4, 0.5) is 10.3 Å². The number of aromatic nitrogens is 2. The van der Waals surface area contributed by atoms with Crippen LogP contribution in [0.3, 0.4) is 0 Å². The van der Waals surface area contributed by atoms with E-state index in [9.17, 15) is 9.59 Å². The van der Waals surface area contributed by atoms with Crippen molar-refractivity contribution in [2.24, 2.45) is 0 Å². The zero-order valence-electron chi connectivity index (χ0n) is 15.4. The molecule has 0 bridgehead atoms. The molecular weight excluding hydrogens is 362 g/mol. The van der Waals surface area contributed by atoms with Gasteiger partial charge in [-0.1, -0.05) is 35.6 Å². The van der Waals surface area contributed by atoms with Crippen molar-refractivity contribution in [3.8, 4) is 0 Å². The molecule has 1 aromatic carbocycles. The zero-order valence-corrected chi connectivity index (χ0v) is 16.2. The van der Waals surface area contributed by atoms with E-state index in [0.717, 1.165) is 25.7 Å². The molecule has 7 nitrogen and oxygen atoms in total. The summed E-state index contributed by atoms with van der Waals surface area (Å²) in [4.78, 5) is 27.9. The Morgan fingerprint density at radius 2 is 2.15 bits per heavy atom. The molecule has 8 heteroatoms. The Labute approximate surface area is 162 Å². The summed E-state index contributed by atoms with van der Waals surface area (Å²) in [7, 11) is 1.82. The maximum Gasteiger partial charge on any atom is 0.240 e. The van der Waals surface area contributed by atoms with Crippen LogP contribution in [-0.2, 0) is 16.0 Å². The highest BCUT2D eigenvalue weighted by molar-refractivity contribution is 7.19. The Balaban J connectivity index is 1.37. The minimum atomic E-state index is -0.0341. The molecule has 2 amide bonds. The topological polar surface area (TPSA) is 78.4 Å². The lowest BCUT2D eigenvalue weighted by Gasteiger charge is -2.27. The molecule has 142 valence electrons. The van der Waals surface area contributed by atoms with Crippen LogP contribution >= 0.6 is 11.3 Å². The van der Waals surface area contributed by atoms with Crippen LogP contribution in [0.5, 0.6) is 0 Å². The minimum Gasteiger partial charge on any atom is -0.348 e. The Kier molecular flexibility index (Phi) is 5.07. The first-order valence-corrected chi connectivity index (χ1v) is 10.2. The molecule has 1 atom stereocenters. The predicted octanol–water partition coefficient (Wildman–Crippen LogP) is 2.29. The van der Waals surface area contributed by atoms with Gasteiger partial charge in [-0.15, -0.1) is 10.2 Å². The van der Waals surface area contributed by atoms with E-state index in [-0.39, 0.29) is 24.4 Å². The maximum absolute atomic E-state index is 12.6. The molecule has 27 heavy (non-hydrogen) atoms. The predicted molar refractivity (Wildman–Crippen MR) is 105 cm³/mol. The molecule has 1 N–H and O–H groups in total. The summed E-state index contributed by atoms with van der Waals surface area (Å²) in [6.07, 6.45) is 4.55. The number of fused-ring (bicyclic) bond motifs is 1. The van der Waals surface area contributed by atoms with Gasteiger partial charge in [-0.25, -0.2) is 0 Å². The second-order valence-corrected chi connectivity index (χ2v) is 8.02. The molecule has 0 spiro atoms. The fourth-order valence-electron chi connectivity index (χ4n) is 3.75. The van der Waals surface area contributed by atoms with Crippen molar-refractivity contribution < 1.29 is 9.59 Å². The molecule has 1 aromatic heterocycles. The number of amides is 2. The number of rotatable bonds is 5. The average molecular weight is 385 g/mol. The van der Waals surface area contributed by atoms with Crippen LogP contribution in [0, 0.1) is 0 Å². The van der Waals surface area contributed by atoms with E-state index in [1.807, 2.05) is 13.1 Å². The smallest absolute Gasteiger partial charge is 0.240 e. The SMILES string of the molecule is CN(CC(=O)NC1CCCc2ccccc21)c1nnc(N2CCCC2=O)s1. The monoisotopic (exact) mass is 385 g/mol. The highest BCUT2D eigenvalue weighted by Crippen LogP contribution is 2.30. The third kappa shape index (κ3) is 3.80. The first-order valence-electron chi connectivity index (χ1n) is 9.34. The second-order valence-electron chi connectivity index (χ2n) is 7.08. The number of carbonyl (C=O) groups excluding carboxylic acids is 2. The molecule has 1 saturated heterocycles. The fraction of sp³-hybridized carbons (Fsp3) is 0.474. The normalized spacial score (nSPS) is 19.1. The largest absolute Gasteiger partial charge is 0.348 e. The van der Waals surface area contributed by atoms with Crippen molar-refractivity contribution in [2.45, 2.75) is 38.1 Å². The van der Waals surface area contributed by atoms with E-state index in [1.165, 1.54) is 22.5 Å². The third-order valence-corrected chi connectivity index (χ3v) is 6.18. The molecule has 1 aliphatic heterocycles. The van der Waals surface area contributed by atoms with Gasteiger partial charge in [-0.3, -0.25) is 14.5 Å². The first-order chi connectivity index (χ1) is 13.1. The lowest BCUT2D eigenvalue weighted by atomic mass is 9.88. The molecule has 2 aliphatic rings. The molecule has 1 unspecified atom stereocenters. The van der Waals surface area contributed by atoms with Crippen molar-refractivity contribution in [1.29, 1.82) is 0 Å².